The molecule has 1 aromatic rings. The van der Waals surface area contributed by atoms with Crippen LogP contribution in [0.15, 0.2) is 12.1 Å². The van der Waals surface area contributed by atoms with Crippen LogP contribution in [0.5, 0.6) is 0 Å². The van der Waals surface area contributed by atoms with Crippen molar-refractivity contribution in [2.75, 3.05) is 0 Å². The molecule has 0 aliphatic carbocycles. The van der Waals surface area contributed by atoms with E-state index < -0.39 is 0 Å². The molecule has 0 fully saturated rings. The molecule has 0 N–H and O–H groups in total. The first kappa shape index (κ1) is 8.37. The number of hydrogen-bond acceptors (Lipinski definition) is 1. The van der Waals surface area contributed by atoms with Crippen molar-refractivity contribution in [3.8, 4) is 6.07 Å². The maximum absolute atomic E-state index is 8.76. The molecule has 0 amide bonds. The van der Waals surface area contributed by atoms with Crippen LogP contribution in [0.4, 0.5) is 0 Å². The summed E-state index contributed by atoms with van der Waals surface area (Å²) in [7, 11) is 0. The predicted molar refractivity (Wildman–Crippen MR) is 46.0 cm³/mol. The van der Waals surface area contributed by atoms with Crippen LogP contribution in [-0.4, -0.2) is 16.9 Å². The van der Waals surface area contributed by atoms with Gasteiger partial charge in [-0.2, -0.15) is 0 Å². The Kier molecular flexibility index (Phi) is 2.37. The van der Waals surface area contributed by atoms with E-state index in [1.807, 2.05) is 26.0 Å². The van der Waals surface area contributed by atoms with E-state index in [0.29, 0.717) is 0 Å². The molecule has 54 valence electrons. The summed E-state index contributed by atoms with van der Waals surface area (Å²) in [5, 5.41) is 8.76. The van der Waals surface area contributed by atoms with Gasteiger partial charge in [-0.3, -0.25) is 0 Å². The van der Waals surface area contributed by atoms with Gasteiger partial charge in [0.15, 0.2) is 0 Å². The van der Waals surface area contributed by atoms with E-state index in [1.54, 1.807) is 0 Å². The van der Waals surface area contributed by atoms with Crippen molar-refractivity contribution >= 4 is 21.2 Å². The molecular formula is C9H8AsN. The Labute approximate surface area is 75.5 Å². The first-order valence-corrected chi connectivity index (χ1v) is 4.30. The molecule has 0 saturated carbocycles. The third-order valence-electron chi connectivity index (χ3n) is 1.83. The number of aryl methyl sites for hydroxylation is 1. The van der Waals surface area contributed by atoms with Gasteiger partial charge >= 0.3 is 75.2 Å². The fourth-order valence-corrected chi connectivity index (χ4v) is 1.56. The summed E-state index contributed by atoms with van der Waals surface area (Å²) >= 11 is 2.42. The third-order valence-corrected chi connectivity index (χ3v) is 2.61. The zero-order chi connectivity index (χ0) is 8.43. The zero-order valence-electron chi connectivity index (χ0n) is 6.55. The van der Waals surface area contributed by atoms with Crippen LogP contribution in [0.1, 0.15) is 16.7 Å². The maximum atomic E-state index is 8.76. The standard InChI is InChI=1S/C9H8AsN/c1-6-3-4-9(10)8(5-11)7(6)2/h3-4H,1-2H3. The van der Waals surface area contributed by atoms with Gasteiger partial charge in [-0.25, -0.2) is 0 Å². The summed E-state index contributed by atoms with van der Waals surface area (Å²) in [5.41, 5.74) is 3.06. The normalized spacial score (nSPS) is 9.27. The fourth-order valence-electron chi connectivity index (χ4n) is 0.943. The third kappa shape index (κ3) is 1.47. The Balaban J connectivity index is 3.44. The van der Waals surface area contributed by atoms with Gasteiger partial charge in [-0.05, 0) is 0 Å². The quantitative estimate of drug-likeness (QED) is 0.579. The second-order valence-electron chi connectivity index (χ2n) is 2.51. The molecule has 0 saturated heterocycles. The van der Waals surface area contributed by atoms with Crippen molar-refractivity contribution < 1.29 is 0 Å². The van der Waals surface area contributed by atoms with Gasteiger partial charge in [0.05, 0.1) is 0 Å². The van der Waals surface area contributed by atoms with E-state index in [1.165, 1.54) is 5.56 Å². The molecule has 1 aromatic carbocycles. The van der Waals surface area contributed by atoms with Crippen LogP contribution in [0.2, 0.25) is 0 Å². The molecule has 0 aliphatic rings. The average molecular weight is 205 g/mol. The summed E-state index contributed by atoms with van der Waals surface area (Å²) in [6.45, 7) is 3.99. The molecular weight excluding hydrogens is 197 g/mol. The topological polar surface area (TPSA) is 23.8 Å². The first-order chi connectivity index (χ1) is 5.16. The Morgan fingerprint density at radius 1 is 1.36 bits per heavy atom. The zero-order valence-corrected chi connectivity index (χ0v) is 8.43. The van der Waals surface area contributed by atoms with Gasteiger partial charge in [0.2, 0.25) is 0 Å². The Hall–Kier alpha value is -0.732. The van der Waals surface area contributed by atoms with Crippen LogP contribution in [0.3, 0.4) is 0 Å². The number of rotatable bonds is 0. The van der Waals surface area contributed by atoms with E-state index in [2.05, 4.69) is 22.9 Å². The first-order valence-electron chi connectivity index (χ1n) is 3.36. The molecule has 0 atom stereocenters. The fraction of sp³-hybridized carbons (Fsp3) is 0.222. The van der Waals surface area contributed by atoms with E-state index in [0.717, 1.165) is 15.5 Å². The molecule has 2 heteroatoms. The van der Waals surface area contributed by atoms with Crippen molar-refractivity contribution in [2.45, 2.75) is 13.8 Å². The Morgan fingerprint density at radius 3 is 2.45 bits per heavy atom. The average Bonchev–Trinajstić information content (AvgIpc) is 1.99. The number of nitriles is 1. The van der Waals surface area contributed by atoms with Gasteiger partial charge in [-0.15, -0.1) is 0 Å². The SMILES string of the molecule is Cc1ccc([As])c(C#N)c1C. The summed E-state index contributed by atoms with van der Waals surface area (Å²) in [5.74, 6) is 0. The van der Waals surface area contributed by atoms with E-state index in [-0.39, 0.29) is 0 Å². The molecule has 0 unspecified atom stereocenters. The summed E-state index contributed by atoms with van der Waals surface area (Å²) in [4.78, 5) is 0. The molecule has 1 nitrogen and oxygen atoms in total. The van der Waals surface area contributed by atoms with Crippen molar-refractivity contribution in [2.24, 2.45) is 0 Å². The van der Waals surface area contributed by atoms with Crippen LogP contribution in [0.25, 0.3) is 0 Å². The Bertz CT molecular complexity index is 323. The molecule has 0 heterocycles. The summed E-state index contributed by atoms with van der Waals surface area (Å²) in [6.07, 6.45) is 0. The Morgan fingerprint density at radius 2 is 2.00 bits per heavy atom. The van der Waals surface area contributed by atoms with Gasteiger partial charge in [0.1, 0.15) is 0 Å². The second-order valence-corrected chi connectivity index (χ2v) is 3.52. The number of nitrogens with zero attached hydrogens (tertiary/aromatic N) is 1. The van der Waals surface area contributed by atoms with Crippen molar-refractivity contribution in [3.63, 3.8) is 0 Å². The van der Waals surface area contributed by atoms with Gasteiger partial charge in [0, 0.05) is 0 Å². The van der Waals surface area contributed by atoms with E-state index >= 15 is 0 Å². The molecule has 0 aromatic heterocycles. The minimum atomic E-state index is 0.796. The monoisotopic (exact) mass is 205 g/mol. The van der Waals surface area contributed by atoms with Crippen LogP contribution >= 0.6 is 0 Å². The predicted octanol–water partition coefficient (Wildman–Crippen LogP) is 0.969. The van der Waals surface area contributed by atoms with Gasteiger partial charge in [0.25, 0.3) is 0 Å². The second kappa shape index (κ2) is 3.11. The van der Waals surface area contributed by atoms with Crippen LogP contribution < -0.4 is 4.35 Å². The van der Waals surface area contributed by atoms with Gasteiger partial charge < -0.3 is 0 Å². The van der Waals surface area contributed by atoms with Crippen LogP contribution in [-0.2, 0) is 0 Å². The van der Waals surface area contributed by atoms with E-state index in [4.69, 9.17) is 5.26 Å². The molecule has 2 radical (unpaired) electrons. The van der Waals surface area contributed by atoms with Crippen LogP contribution in [0, 0.1) is 25.2 Å². The molecule has 1 rings (SSSR count). The summed E-state index contributed by atoms with van der Waals surface area (Å²) in [6, 6.07) is 6.18. The molecule has 11 heavy (non-hydrogen) atoms. The molecule has 0 aliphatic heterocycles. The van der Waals surface area contributed by atoms with E-state index in [9.17, 15) is 0 Å². The van der Waals surface area contributed by atoms with Crippen molar-refractivity contribution in [1.29, 1.82) is 5.26 Å². The van der Waals surface area contributed by atoms with Crippen molar-refractivity contribution in [1.82, 2.24) is 0 Å². The molecule has 0 spiro atoms. The van der Waals surface area contributed by atoms with Crippen molar-refractivity contribution in [3.05, 3.63) is 28.8 Å². The number of hydrogen-bond donors (Lipinski definition) is 0. The minimum absolute atomic E-state index is 0.796. The molecule has 0 bridgehead atoms. The summed E-state index contributed by atoms with van der Waals surface area (Å²) < 4.78 is 1.00. The number of benzene rings is 1. The van der Waals surface area contributed by atoms with Gasteiger partial charge in [-0.1, -0.05) is 0 Å².